The largest absolute Gasteiger partial charge is 0.346 e. The van der Waals surface area contributed by atoms with E-state index >= 15 is 0 Å². The average molecular weight is 403 g/mol. The molecule has 0 heterocycles. The Bertz CT molecular complexity index is 1170. The highest BCUT2D eigenvalue weighted by Gasteiger charge is 1.98. The number of para-hydroxylation sites is 2. The summed E-state index contributed by atoms with van der Waals surface area (Å²) >= 11 is 0. The van der Waals surface area contributed by atoms with Crippen molar-refractivity contribution in [3.8, 4) is 0 Å². The molecule has 0 aromatic heterocycles. The van der Waals surface area contributed by atoms with Gasteiger partial charge >= 0.3 is 0 Å². The molecule has 0 aliphatic carbocycles. The Hall–Kier alpha value is -4.27. The van der Waals surface area contributed by atoms with Crippen molar-refractivity contribution in [1.29, 1.82) is 0 Å². The summed E-state index contributed by atoms with van der Waals surface area (Å²) in [5, 5.41) is 3.20. The maximum absolute atomic E-state index is 4.38. The molecular weight excluding hydrogens is 380 g/mol. The van der Waals surface area contributed by atoms with Crippen LogP contribution in [0.25, 0.3) is 0 Å². The first-order valence-corrected chi connectivity index (χ1v) is 10.1. The topological polar surface area (TPSA) is 49.1 Å². The van der Waals surface area contributed by atoms with E-state index in [-0.39, 0.29) is 0 Å². The maximum atomic E-state index is 4.38. The predicted molar refractivity (Wildman–Crippen MR) is 130 cm³/mol. The molecule has 0 bridgehead atoms. The molecule has 0 fully saturated rings. The lowest BCUT2D eigenvalue weighted by molar-refractivity contribution is 1.19. The highest BCUT2D eigenvalue weighted by atomic mass is 14.9. The molecule has 0 saturated heterocycles. The average Bonchev–Trinajstić information content (AvgIpc) is 2.83. The minimum absolute atomic E-state index is 0.834. The molecule has 4 aromatic rings. The van der Waals surface area contributed by atoms with Crippen molar-refractivity contribution in [2.75, 3.05) is 5.32 Å². The van der Waals surface area contributed by atoms with Gasteiger partial charge in [-0.1, -0.05) is 60.7 Å². The molecule has 0 unspecified atom stereocenters. The summed E-state index contributed by atoms with van der Waals surface area (Å²) in [6.07, 6.45) is 2.57. The van der Waals surface area contributed by atoms with Gasteiger partial charge in [0.05, 0.1) is 23.4 Å². The highest BCUT2D eigenvalue weighted by Crippen LogP contribution is 2.17. The van der Waals surface area contributed by atoms with Crippen LogP contribution in [0.4, 0.5) is 22.7 Å². The van der Waals surface area contributed by atoms with E-state index in [0.29, 0.717) is 0 Å². The van der Waals surface area contributed by atoms with Gasteiger partial charge in [-0.15, -0.1) is 0 Å². The van der Waals surface area contributed by atoms with Crippen LogP contribution in [-0.4, -0.2) is 12.3 Å². The molecule has 0 aliphatic heterocycles. The summed E-state index contributed by atoms with van der Waals surface area (Å²) in [5.41, 5.74) is 6.07. The van der Waals surface area contributed by atoms with Crippen LogP contribution in [0.1, 0.15) is 11.1 Å². The summed E-state index contributed by atoms with van der Waals surface area (Å²) < 4.78 is 0. The summed E-state index contributed by atoms with van der Waals surface area (Å²) in [7, 11) is 0. The van der Waals surface area contributed by atoms with Gasteiger partial charge in [0.2, 0.25) is 0 Å². The molecule has 4 heteroatoms. The van der Waals surface area contributed by atoms with Crippen LogP contribution < -0.4 is 5.32 Å². The lowest BCUT2D eigenvalue weighted by Gasteiger charge is -2.05. The molecule has 0 amide bonds. The van der Waals surface area contributed by atoms with Gasteiger partial charge < -0.3 is 5.32 Å². The number of rotatable bonds is 7. The van der Waals surface area contributed by atoms with Crippen molar-refractivity contribution < 1.29 is 0 Å². The van der Waals surface area contributed by atoms with Crippen molar-refractivity contribution in [2.24, 2.45) is 15.0 Å². The van der Waals surface area contributed by atoms with Crippen LogP contribution in [0, 0.1) is 0 Å². The van der Waals surface area contributed by atoms with Gasteiger partial charge in [-0.25, -0.2) is 4.99 Å². The van der Waals surface area contributed by atoms with Crippen molar-refractivity contribution in [2.45, 2.75) is 6.42 Å². The number of nitrogens with zero attached hydrogens (tertiary/aromatic N) is 3. The molecule has 4 nitrogen and oxygen atoms in total. The summed E-state index contributed by atoms with van der Waals surface area (Å²) in [4.78, 5) is 12.9. The van der Waals surface area contributed by atoms with Crippen molar-refractivity contribution in [3.63, 3.8) is 0 Å². The third-order valence-electron chi connectivity index (χ3n) is 4.61. The lowest BCUT2D eigenvalue weighted by Crippen LogP contribution is -1.95. The maximum Gasteiger partial charge on any atom is 0.100 e. The minimum Gasteiger partial charge on any atom is -0.346 e. The second-order valence-electron chi connectivity index (χ2n) is 6.94. The quantitative estimate of drug-likeness (QED) is 0.258. The minimum atomic E-state index is 0.834. The van der Waals surface area contributed by atoms with E-state index in [1.807, 2.05) is 72.8 Å². The second kappa shape index (κ2) is 10.5. The highest BCUT2D eigenvalue weighted by molar-refractivity contribution is 5.77. The van der Waals surface area contributed by atoms with E-state index in [9.17, 15) is 0 Å². The third kappa shape index (κ3) is 6.36. The zero-order valence-electron chi connectivity index (χ0n) is 17.0. The Morgan fingerprint density at radius 1 is 0.581 bits per heavy atom. The fourth-order valence-electron chi connectivity index (χ4n) is 2.98. The number of anilines is 1. The van der Waals surface area contributed by atoms with Crippen LogP contribution in [0.5, 0.6) is 0 Å². The smallest absolute Gasteiger partial charge is 0.100 e. The van der Waals surface area contributed by atoms with E-state index in [0.717, 1.165) is 29.2 Å². The molecule has 0 aliphatic rings. The van der Waals surface area contributed by atoms with Gasteiger partial charge in [-0.3, -0.25) is 0 Å². The molecule has 1 N–H and O–H groups in total. The lowest BCUT2D eigenvalue weighted by atomic mass is 10.0. The summed E-state index contributed by atoms with van der Waals surface area (Å²) in [6, 6.07) is 38.8. The zero-order chi connectivity index (χ0) is 21.1. The monoisotopic (exact) mass is 402 g/mol. The first-order valence-electron chi connectivity index (χ1n) is 10.1. The van der Waals surface area contributed by atoms with E-state index in [1.54, 1.807) is 6.34 Å². The SMILES string of the molecule is C(=Nc1ccccc1)=Nc1ccc(Cc2ccc(NC=Nc3ccccc3)cc2)cc1. The van der Waals surface area contributed by atoms with Gasteiger partial charge in [0.25, 0.3) is 0 Å². The van der Waals surface area contributed by atoms with E-state index in [1.165, 1.54) is 11.1 Å². The number of benzene rings is 4. The molecule has 4 rings (SSSR count). The third-order valence-corrected chi connectivity index (χ3v) is 4.61. The van der Waals surface area contributed by atoms with E-state index in [2.05, 4.69) is 62.7 Å². The fourth-order valence-corrected chi connectivity index (χ4v) is 2.98. The van der Waals surface area contributed by atoms with Crippen molar-refractivity contribution in [1.82, 2.24) is 0 Å². The van der Waals surface area contributed by atoms with Crippen LogP contribution in [0.15, 0.2) is 124 Å². The summed E-state index contributed by atoms with van der Waals surface area (Å²) in [6.45, 7) is 0. The normalized spacial score (nSPS) is 10.5. The number of hydrogen-bond acceptors (Lipinski definition) is 3. The Balaban J connectivity index is 1.32. The van der Waals surface area contributed by atoms with Gasteiger partial charge in [-0.05, 0) is 66.1 Å². The zero-order valence-corrected chi connectivity index (χ0v) is 17.0. The molecule has 150 valence electrons. The molecular formula is C27H22N4. The van der Waals surface area contributed by atoms with Crippen LogP contribution in [0.3, 0.4) is 0 Å². The number of aliphatic imine (C=N–C) groups is 3. The Morgan fingerprint density at radius 2 is 1.10 bits per heavy atom. The molecule has 4 aromatic carbocycles. The van der Waals surface area contributed by atoms with Crippen LogP contribution >= 0.6 is 0 Å². The van der Waals surface area contributed by atoms with Gasteiger partial charge in [0.1, 0.15) is 6.01 Å². The predicted octanol–water partition coefficient (Wildman–Crippen LogP) is 7.19. The van der Waals surface area contributed by atoms with Crippen LogP contribution in [-0.2, 0) is 6.42 Å². The van der Waals surface area contributed by atoms with Gasteiger partial charge in [0, 0.05) is 5.69 Å². The van der Waals surface area contributed by atoms with E-state index in [4.69, 9.17) is 0 Å². The van der Waals surface area contributed by atoms with Crippen molar-refractivity contribution in [3.05, 3.63) is 120 Å². The fraction of sp³-hybridized carbons (Fsp3) is 0.0370. The van der Waals surface area contributed by atoms with E-state index < -0.39 is 0 Å². The number of nitrogens with one attached hydrogen (secondary N) is 1. The second-order valence-corrected chi connectivity index (χ2v) is 6.94. The standard InChI is InChI=1S/C27H22N4/c1-3-7-24(8-4-1)28-20-30-26-15-11-22(12-16-26)19-23-13-17-27(18-14-23)31-21-29-25-9-5-2-6-10-25/h1-18,20H,19H2,(H,28,30). The van der Waals surface area contributed by atoms with Crippen LogP contribution in [0.2, 0.25) is 0 Å². The number of hydrogen-bond donors (Lipinski definition) is 1. The van der Waals surface area contributed by atoms with Crippen molar-refractivity contribution >= 4 is 35.1 Å². The van der Waals surface area contributed by atoms with Gasteiger partial charge in [0.15, 0.2) is 0 Å². The molecule has 0 radical (unpaired) electrons. The Kier molecular flexibility index (Phi) is 6.78. The Labute approximate surface area is 182 Å². The first kappa shape index (κ1) is 20.0. The first-order chi connectivity index (χ1) is 15.3. The molecule has 0 atom stereocenters. The summed E-state index contributed by atoms with van der Waals surface area (Å²) in [5.74, 6) is 0. The molecule has 0 spiro atoms. The molecule has 31 heavy (non-hydrogen) atoms. The molecule has 0 saturated carbocycles. The Morgan fingerprint density at radius 3 is 1.71 bits per heavy atom. The van der Waals surface area contributed by atoms with Gasteiger partial charge in [-0.2, -0.15) is 9.98 Å².